The highest BCUT2D eigenvalue weighted by molar-refractivity contribution is 6.11. The van der Waals surface area contributed by atoms with Crippen LogP contribution in [0.3, 0.4) is 0 Å². The number of aromatic nitrogens is 2. The Bertz CT molecular complexity index is 1840. The van der Waals surface area contributed by atoms with E-state index in [4.69, 9.17) is 20.2 Å². The molecule has 2 heterocycles. The summed E-state index contributed by atoms with van der Waals surface area (Å²) in [5, 5.41) is 5.27. The molecule has 228 valence electrons. The van der Waals surface area contributed by atoms with Gasteiger partial charge in [0.15, 0.2) is 11.5 Å². The lowest BCUT2D eigenvalue weighted by Gasteiger charge is -2.17. The van der Waals surface area contributed by atoms with Gasteiger partial charge in [0.1, 0.15) is 5.65 Å². The van der Waals surface area contributed by atoms with Crippen LogP contribution in [0.5, 0.6) is 11.5 Å². The molecule has 1 amide bonds. The van der Waals surface area contributed by atoms with Gasteiger partial charge < -0.3 is 20.5 Å². The molecule has 6 rings (SSSR count). The number of aryl methyl sites for hydroxylation is 4. The van der Waals surface area contributed by atoms with E-state index in [1.54, 1.807) is 7.11 Å². The molecule has 7 heteroatoms. The van der Waals surface area contributed by atoms with Gasteiger partial charge in [0.05, 0.1) is 42.2 Å². The van der Waals surface area contributed by atoms with Crippen molar-refractivity contribution < 1.29 is 14.3 Å². The zero-order valence-corrected chi connectivity index (χ0v) is 26.4. The minimum Gasteiger partial charge on any atom is -0.493 e. The van der Waals surface area contributed by atoms with Crippen molar-refractivity contribution in [1.29, 1.82) is 0 Å². The van der Waals surface area contributed by atoms with Crippen molar-refractivity contribution in [1.82, 2.24) is 14.9 Å². The number of anilines is 1. The zero-order valence-electron chi connectivity index (χ0n) is 26.4. The molecular formula is C37H42N4O3. The number of carbonyl (C=O) groups excluding carboxylic acids is 1. The summed E-state index contributed by atoms with van der Waals surface area (Å²) >= 11 is 0. The zero-order chi connectivity index (χ0) is 31.0. The van der Waals surface area contributed by atoms with E-state index < -0.39 is 0 Å². The van der Waals surface area contributed by atoms with Crippen molar-refractivity contribution in [2.75, 3.05) is 19.4 Å². The summed E-state index contributed by atoms with van der Waals surface area (Å²) < 4.78 is 14.0. The van der Waals surface area contributed by atoms with Crippen LogP contribution in [0.25, 0.3) is 27.6 Å². The lowest BCUT2D eigenvalue weighted by atomic mass is 10.0. The van der Waals surface area contributed by atoms with Gasteiger partial charge in [-0.1, -0.05) is 42.0 Å². The van der Waals surface area contributed by atoms with Crippen LogP contribution in [0.15, 0.2) is 54.6 Å². The molecule has 2 aromatic heterocycles. The number of nitrogen functional groups attached to an aromatic ring is 1. The Labute approximate surface area is 259 Å². The van der Waals surface area contributed by atoms with Crippen molar-refractivity contribution in [3.63, 3.8) is 0 Å². The molecule has 0 radical (unpaired) electrons. The molecule has 0 spiro atoms. The van der Waals surface area contributed by atoms with Gasteiger partial charge in [-0.15, -0.1) is 0 Å². The summed E-state index contributed by atoms with van der Waals surface area (Å²) in [6, 6.07) is 18.6. The minimum absolute atomic E-state index is 0.0505. The van der Waals surface area contributed by atoms with Crippen molar-refractivity contribution in [3.05, 3.63) is 88.1 Å². The van der Waals surface area contributed by atoms with Crippen molar-refractivity contribution >= 4 is 33.5 Å². The fraction of sp³-hybridized carbons (Fsp3) is 0.351. The maximum Gasteiger partial charge on any atom is 0.224 e. The smallest absolute Gasteiger partial charge is 0.224 e. The third-order valence-corrected chi connectivity index (χ3v) is 8.88. The molecular weight excluding hydrogens is 548 g/mol. The number of hydrogen-bond acceptors (Lipinski definition) is 5. The molecule has 1 fully saturated rings. The van der Waals surface area contributed by atoms with Gasteiger partial charge in [0.2, 0.25) is 5.91 Å². The number of rotatable bonds is 9. The van der Waals surface area contributed by atoms with E-state index >= 15 is 0 Å². The Morgan fingerprint density at radius 1 is 1.00 bits per heavy atom. The highest BCUT2D eigenvalue weighted by Crippen LogP contribution is 2.38. The monoisotopic (exact) mass is 590 g/mol. The first-order valence-corrected chi connectivity index (χ1v) is 15.6. The molecule has 1 aliphatic carbocycles. The number of carbonyl (C=O) groups is 1. The molecule has 0 saturated heterocycles. The molecule has 1 saturated carbocycles. The summed E-state index contributed by atoms with van der Waals surface area (Å²) in [4.78, 5) is 18.1. The predicted molar refractivity (Wildman–Crippen MR) is 178 cm³/mol. The standard InChI is InChI=1S/C37H42N4O3/c1-22-18-23(2)36(24(3)19-22)41-30-13-9-8-12-28(30)34-29(35(38)25(4)40-37(34)41)16-17-39-33(42)21-26-14-15-31(32(20-26)43-5)44-27-10-6-7-11-27/h8-9,12-15,18-20,27H,6-7,10-11,16-17,21,38H2,1-5H3,(H,39,42). The van der Waals surface area contributed by atoms with Gasteiger partial charge in [-0.25, -0.2) is 4.98 Å². The maximum absolute atomic E-state index is 13.1. The van der Waals surface area contributed by atoms with Gasteiger partial charge in [-0.3, -0.25) is 9.36 Å². The van der Waals surface area contributed by atoms with Crippen molar-refractivity contribution in [3.8, 4) is 17.2 Å². The third kappa shape index (κ3) is 5.59. The van der Waals surface area contributed by atoms with Crippen molar-refractivity contribution in [2.24, 2.45) is 0 Å². The molecule has 44 heavy (non-hydrogen) atoms. The van der Waals surface area contributed by atoms with Crippen molar-refractivity contribution in [2.45, 2.75) is 72.3 Å². The summed E-state index contributed by atoms with van der Waals surface area (Å²) in [5.74, 6) is 1.36. The lowest BCUT2D eigenvalue weighted by Crippen LogP contribution is -2.27. The summed E-state index contributed by atoms with van der Waals surface area (Å²) in [6.45, 7) is 8.86. The Morgan fingerprint density at radius 3 is 2.45 bits per heavy atom. The number of benzene rings is 3. The van der Waals surface area contributed by atoms with Crippen LogP contribution in [0, 0.1) is 27.7 Å². The second kappa shape index (κ2) is 12.2. The fourth-order valence-electron chi connectivity index (χ4n) is 6.89. The number of nitrogens with zero attached hydrogens (tertiary/aromatic N) is 2. The number of methoxy groups -OCH3 is 1. The molecule has 5 aromatic rings. The van der Waals surface area contributed by atoms with Crippen LogP contribution in [0.1, 0.15) is 59.2 Å². The highest BCUT2D eigenvalue weighted by Gasteiger charge is 2.22. The average molecular weight is 591 g/mol. The number of hydrogen-bond donors (Lipinski definition) is 2. The summed E-state index contributed by atoms with van der Waals surface area (Å²) in [6.07, 6.45) is 5.65. The molecule has 0 aliphatic heterocycles. The topological polar surface area (TPSA) is 91.4 Å². The van der Waals surface area contributed by atoms with Gasteiger partial charge >= 0.3 is 0 Å². The van der Waals surface area contributed by atoms with E-state index in [-0.39, 0.29) is 18.4 Å². The third-order valence-electron chi connectivity index (χ3n) is 8.88. The Hall–Kier alpha value is -4.52. The van der Waals surface area contributed by atoms with Crippen LogP contribution in [-0.2, 0) is 17.6 Å². The Kier molecular flexibility index (Phi) is 8.21. The first kappa shape index (κ1) is 29.5. The summed E-state index contributed by atoms with van der Waals surface area (Å²) in [7, 11) is 1.64. The van der Waals surface area contributed by atoms with Crippen LogP contribution in [0.2, 0.25) is 0 Å². The molecule has 7 nitrogen and oxygen atoms in total. The average Bonchev–Trinajstić information content (AvgIpc) is 3.61. The quantitative estimate of drug-likeness (QED) is 0.189. The predicted octanol–water partition coefficient (Wildman–Crippen LogP) is 7.23. The molecule has 3 aromatic carbocycles. The number of fused-ring (bicyclic) bond motifs is 3. The first-order chi connectivity index (χ1) is 21.2. The van der Waals surface area contributed by atoms with Gasteiger partial charge in [0, 0.05) is 17.3 Å². The van der Waals surface area contributed by atoms with Gasteiger partial charge in [0.25, 0.3) is 0 Å². The normalized spacial score (nSPS) is 13.6. The van der Waals surface area contributed by atoms with E-state index in [0.717, 1.165) is 63.0 Å². The molecule has 1 aliphatic rings. The van der Waals surface area contributed by atoms with Crippen LogP contribution in [0.4, 0.5) is 5.69 Å². The van der Waals surface area contributed by atoms with E-state index in [2.05, 4.69) is 67.1 Å². The minimum atomic E-state index is -0.0505. The Balaban J connectivity index is 1.26. The number of para-hydroxylation sites is 1. The number of nitrogens with two attached hydrogens (primary N) is 1. The van der Waals surface area contributed by atoms with Crippen LogP contribution < -0.4 is 20.5 Å². The molecule has 0 atom stereocenters. The summed E-state index contributed by atoms with van der Waals surface area (Å²) in [5.41, 5.74) is 16.8. The fourth-order valence-corrected chi connectivity index (χ4v) is 6.89. The molecule has 0 bridgehead atoms. The number of pyridine rings is 1. The lowest BCUT2D eigenvalue weighted by molar-refractivity contribution is -0.120. The number of nitrogens with one attached hydrogen (secondary N) is 1. The van der Waals surface area contributed by atoms with E-state index in [1.807, 2.05) is 25.1 Å². The van der Waals surface area contributed by atoms with E-state index in [0.29, 0.717) is 24.4 Å². The van der Waals surface area contributed by atoms with Gasteiger partial charge in [-0.2, -0.15) is 0 Å². The van der Waals surface area contributed by atoms with Crippen LogP contribution >= 0.6 is 0 Å². The van der Waals surface area contributed by atoms with Gasteiger partial charge in [-0.05, 0) is 100 Å². The Morgan fingerprint density at radius 2 is 1.73 bits per heavy atom. The number of amides is 1. The second-order valence-electron chi connectivity index (χ2n) is 12.2. The first-order valence-electron chi connectivity index (χ1n) is 15.6. The van der Waals surface area contributed by atoms with Crippen LogP contribution in [-0.4, -0.2) is 35.2 Å². The SMILES string of the molecule is COc1cc(CC(=O)NCCc2c(N)c(C)nc3c2c2ccccc2n3-c2c(C)cc(C)cc2C)ccc1OC1CCCC1. The molecule has 0 unspecified atom stereocenters. The highest BCUT2D eigenvalue weighted by atomic mass is 16.5. The second-order valence-corrected chi connectivity index (χ2v) is 12.2. The van der Waals surface area contributed by atoms with E-state index in [9.17, 15) is 4.79 Å². The maximum atomic E-state index is 13.1. The van der Waals surface area contributed by atoms with E-state index in [1.165, 1.54) is 29.5 Å². The largest absolute Gasteiger partial charge is 0.493 e. The molecule has 3 N–H and O–H groups in total. The number of ether oxygens (including phenoxy) is 2.